The largest absolute Gasteiger partial charge is 0.467 e. The molecule has 2 bridgehead atoms. The summed E-state index contributed by atoms with van der Waals surface area (Å²) in [7, 11) is 0. The first-order valence-electron chi connectivity index (χ1n) is 10.7. The van der Waals surface area contributed by atoms with Gasteiger partial charge in [0.05, 0.1) is 37.3 Å². The van der Waals surface area contributed by atoms with Crippen LogP contribution in [0.15, 0.2) is 65.4 Å². The molecule has 0 aliphatic carbocycles. The van der Waals surface area contributed by atoms with E-state index < -0.39 is 17.4 Å². The van der Waals surface area contributed by atoms with Gasteiger partial charge in [0.2, 0.25) is 11.8 Å². The zero-order valence-corrected chi connectivity index (χ0v) is 16.9. The number of ether oxygens (including phenoxy) is 1. The molecular formula is C24H23N3O4. The number of benzene rings is 1. The molecule has 0 radical (unpaired) electrons. The Morgan fingerprint density at radius 2 is 2.16 bits per heavy atom. The lowest BCUT2D eigenvalue weighted by atomic mass is 9.77. The molecule has 7 heteroatoms. The number of likely N-dealkylation sites (tertiary alicyclic amines) is 1. The summed E-state index contributed by atoms with van der Waals surface area (Å²) in [6.45, 7) is 1.35. The van der Waals surface area contributed by atoms with Crippen LogP contribution in [0.2, 0.25) is 0 Å². The molecule has 0 saturated carbocycles. The summed E-state index contributed by atoms with van der Waals surface area (Å²) in [5, 5.41) is 4.21. The molecule has 5 heterocycles. The van der Waals surface area contributed by atoms with Gasteiger partial charge >= 0.3 is 0 Å². The van der Waals surface area contributed by atoms with Crippen LogP contribution in [0.3, 0.4) is 0 Å². The lowest BCUT2D eigenvalue weighted by molar-refractivity contribution is -0.138. The molecule has 3 aliphatic heterocycles. The number of carbonyl (C=O) groups is 2. The van der Waals surface area contributed by atoms with E-state index in [0.717, 1.165) is 23.3 Å². The maximum Gasteiger partial charge on any atom is 0.230 e. The smallest absolute Gasteiger partial charge is 0.230 e. The van der Waals surface area contributed by atoms with Crippen LogP contribution in [-0.4, -0.2) is 46.5 Å². The minimum Gasteiger partial charge on any atom is -0.467 e. The average Bonchev–Trinajstić information content (AvgIpc) is 3.58. The lowest BCUT2D eigenvalue weighted by Crippen LogP contribution is -2.44. The summed E-state index contributed by atoms with van der Waals surface area (Å²) in [5.41, 5.74) is 1.55. The van der Waals surface area contributed by atoms with Gasteiger partial charge in [-0.15, -0.1) is 0 Å². The standard InChI is InChI=1S/C24H23N3O4/c28-22(25-10-8-15-12-26-18-6-2-1-5-17(15)18)20-19-7-9-24(31-19)14-27(23(29)21(20)24)13-16-4-3-11-30-16/h1-7,9,11-12,19-21,26H,8,10,13-14H2,(H,25,28)/t19-,20+,21-,24+/m1/s1. The summed E-state index contributed by atoms with van der Waals surface area (Å²) in [6, 6.07) is 11.8. The highest BCUT2D eigenvalue weighted by atomic mass is 16.5. The second kappa shape index (κ2) is 6.85. The van der Waals surface area contributed by atoms with E-state index >= 15 is 0 Å². The fourth-order valence-electron chi connectivity index (χ4n) is 5.38. The Bertz CT molecular complexity index is 1180. The van der Waals surface area contributed by atoms with Gasteiger partial charge in [-0.3, -0.25) is 9.59 Å². The SMILES string of the molecule is O=C(NCCc1c[nH]c2ccccc12)[C@H]1[C@H]2C=C[C@@]3(CN(Cc4ccco4)C(=O)[C@@H]13)O2. The van der Waals surface area contributed by atoms with E-state index in [-0.39, 0.29) is 17.9 Å². The Labute approximate surface area is 179 Å². The molecule has 158 valence electrons. The Hall–Kier alpha value is -3.32. The number of hydrogen-bond donors (Lipinski definition) is 2. The van der Waals surface area contributed by atoms with E-state index in [1.807, 2.05) is 42.6 Å². The van der Waals surface area contributed by atoms with Crippen LogP contribution in [0.1, 0.15) is 11.3 Å². The third-order valence-corrected chi connectivity index (χ3v) is 6.78. The lowest BCUT2D eigenvalue weighted by Gasteiger charge is -2.23. The number of fused-ring (bicyclic) bond motifs is 2. The van der Waals surface area contributed by atoms with Gasteiger partial charge in [-0.05, 0) is 30.2 Å². The van der Waals surface area contributed by atoms with E-state index in [1.165, 1.54) is 5.39 Å². The molecule has 1 aromatic carbocycles. The first-order valence-corrected chi connectivity index (χ1v) is 10.7. The van der Waals surface area contributed by atoms with Gasteiger partial charge in [-0.25, -0.2) is 0 Å². The predicted molar refractivity (Wildman–Crippen MR) is 113 cm³/mol. The summed E-state index contributed by atoms with van der Waals surface area (Å²) < 4.78 is 11.6. The molecule has 3 aromatic rings. The second-order valence-electron chi connectivity index (χ2n) is 8.57. The van der Waals surface area contributed by atoms with E-state index in [1.54, 1.807) is 17.2 Å². The van der Waals surface area contributed by atoms with Crippen molar-refractivity contribution in [1.29, 1.82) is 0 Å². The van der Waals surface area contributed by atoms with Crippen molar-refractivity contribution >= 4 is 22.7 Å². The number of aromatic nitrogens is 1. The Kier molecular flexibility index (Phi) is 4.08. The van der Waals surface area contributed by atoms with Gasteiger partial charge < -0.3 is 24.4 Å². The van der Waals surface area contributed by atoms with E-state index in [2.05, 4.69) is 16.4 Å². The number of nitrogens with zero attached hydrogens (tertiary/aromatic N) is 1. The number of para-hydroxylation sites is 1. The van der Waals surface area contributed by atoms with Gasteiger partial charge in [0, 0.05) is 23.6 Å². The molecule has 2 aromatic heterocycles. The third kappa shape index (κ3) is 2.84. The zero-order chi connectivity index (χ0) is 21.0. The molecule has 3 aliphatic rings. The molecule has 2 fully saturated rings. The molecule has 7 nitrogen and oxygen atoms in total. The van der Waals surface area contributed by atoms with Crippen LogP contribution in [0.5, 0.6) is 0 Å². The van der Waals surface area contributed by atoms with Crippen LogP contribution in [0.4, 0.5) is 0 Å². The van der Waals surface area contributed by atoms with Crippen LogP contribution < -0.4 is 5.32 Å². The molecule has 4 atom stereocenters. The third-order valence-electron chi connectivity index (χ3n) is 6.78. The summed E-state index contributed by atoms with van der Waals surface area (Å²) >= 11 is 0. The van der Waals surface area contributed by atoms with Gasteiger partial charge in [0.1, 0.15) is 11.4 Å². The normalized spacial score (nSPS) is 28.6. The van der Waals surface area contributed by atoms with Crippen molar-refractivity contribution in [3.8, 4) is 0 Å². The number of furan rings is 1. The van der Waals surface area contributed by atoms with Gasteiger partial charge in [0.15, 0.2) is 0 Å². The zero-order valence-electron chi connectivity index (χ0n) is 16.9. The quantitative estimate of drug-likeness (QED) is 0.603. The molecule has 31 heavy (non-hydrogen) atoms. The fourth-order valence-corrected chi connectivity index (χ4v) is 5.38. The Morgan fingerprint density at radius 1 is 1.26 bits per heavy atom. The molecule has 1 spiro atoms. The Morgan fingerprint density at radius 3 is 3.03 bits per heavy atom. The van der Waals surface area contributed by atoms with Crippen molar-refractivity contribution in [2.75, 3.05) is 13.1 Å². The van der Waals surface area contributed by atoms with E-state index in [0.29, 0.717) is 19.6 Å². The molecule has 0 unspecified atom stereocenters. The van der Waals surface area contributed by atoms with E-state index in [4.69, 9.17) is 9.15 Å². The number of hydrogen-bond acceptors (Lipinski definition) is 4. The number of rotatable bonds is 6. The number of H-pyrrole nitrogens is 1. The topological polar surface area (TPSA) is 87.6 Å². The maximum atomic E-state index is 13.2. The fraction of sp³-hybridized carbons (Fsp3) is 0.333. The molecule has 2 amide bonds. The van der Waals surface area contributed by atoms with Gasteiger partial charge in [-0.2, -0.15) is 0 Å². The van der Waals surface area contributed by atoms with Crippen molar-refractivity contribution < 1.29 is 18.7 Å². The first-order chi connectivity index (χ1) is 15.1. The van der Waals surface area contributed by atoms with Crippen molar-refractivity contribution in [3.05, 3.63) is 72.3 Å². The number of amides is 2. The molecular weight excluding hydrogens is 394 g/mol. The van der Waals surface area contributed by atoms with Gasteiger partial charge in [-0.1, -0.05) is 30.4 Å². The predicted octanol–water partition coefficient (Wildman–Crippen LogP) is 2.40. The molecule has 6 rings (SSSR count). The van der Waals surface area contributed by atoms with Crippen LogP contribution in [0, 0.1) is 11.8 Å². The maximum absolute atomic E-state index is 13.2. The summed E-state index contributed by atoms with van der Waals surface area (Å²) in [4.78, 5) is 31.3. The average molecular weight is 417 g/mol. The summed E-state index contributed by atoms with van der Waals surface area (Å²) in [5.74, 6) is -0.412. The highest BCUT2D eigenvalue weighted by molar-refractivity contribution is 5.93. The molecule has 2 N–H and O–H groups in total. The summed E-state index contributed by atoms with van der Waals surface area (Å²) in [6.07, 6.45) is 7.87. The van der Waals surface area contributed by atoms with Crippen LogP contribution >= 0.6 is 0 Å². The van der Waals surface area contributed by atoms with E-state index in [9.17, 15) is 9.59 Å². The van der Waals surface area contributed by atoms with Crippen molar-refractivity contribution in [2.45, 2.75) is 24.7 Å². The Balaban J connectivity index is 1.15. The van der Waals surface area contributed by atoms with Crippen molar-refractivity contribution in [3.63, 3.8) is 0 Å². The van der Waals surface area contributed by atoms with Crippen LogP contribution in [0.25, 0.3) is 10.9 Å². The van der Waals surface area contributed by atoms with Gasteiger partial charge in [0.25, 0.3) is 0 Å². The number of nitrogens with one attached hydrogen (secondary N) is 2. The minimum atomic E-state index is -0.701. The highest BCUT2D eigenvalue weighted by Crippen LogP contribution is 2.52. The highest BCUT2D eigenvalue weighted by Gasteiger charge is 2.66. The first kappa shape index (κ1) is 18.4. The molecule has 2 saturated heterocycles. The van der Waals surface area contributed by atoms with Crippen molar-refractivity contribution in [2.24, 2.45) is 11.8 Å². The number of aromatic amines is 1. The van der Waals surface area contributed by atoms with Crippen LogP contribution in [-0.2, 0) is 27.3 Å². The monoisotopic (exact) mass is 417 g/mol. The number of carbonyl (C=O) groups excluding carboxylic acids is 2. The second-order valence-corrected chi connectivity index (χ2v) is 8.57. The minimum absolute atomic E-state index is 0.0416. The van der Waals surface area contributed by atoms with Crippen molar-refractivity contribution in [1.82, 2.24) is 15.2 Å².